The third-order valence-corrected chi connectivity index (χ3v) is 10.6. The number of anilines is 1. The van der Waals surface area contributed by atoms with Gasteiger partial charge in [-0.1, -0.05) is 90.0 Å². The fraction of sp³-hybridized carbons (Fsp3) is 0.676. The summed E-state index contributed by atoms with van der Waals surface area (Å²) in [6, 6.07) is 7.26. The topological polar surface area (TPSA) is 87.7 Å². The molecule has 4 fully saturated rings. The number of carbonyl (C=O) groups excluding carboxylic acids is 3. The van der Waals surface area contributed by atoms with E-state index in [2.05, 4.69) is 31.4 Å². The van der Waals surface area contributed by atoms with Crippen molar-refractivity contribution >= 4 is 23.4 Å². The predicted octanol–water partition coefficient (Wildman–Crippen LogP) is 5.71. The van der Waals surface area contributed by atoms with E-state index in [0.29, 0.717) is 17.5 Å². The molecule has 0 radical (unpaired) electrons. The average Bonchev–Trinajstić information content (AvgIpc) is 3.58. The van der Waals surface area contributed by atoms with Crippen molar-refractivity contribution in [3.8, 4) is 0 Å². The molecule has 3 heterocycles. The van der Waals surface area contributed by atoms with Gasteiger partial charge in [-0.3, -0.25) is 14.4 Å². The lowest BCUT2D eigenvalue weighted by Gasteiger charge is -2.39. The molecule has 3 amide bonds. The number of benzene rings is 1. The molecular weight excluding hydrogens is 514 g/mol. The van der Waals surface area contributed by atoms with Crippen molar-refractivity contribution in [1.29, 1.82) is 0 Å². The van der Waals surface area contributed by atoms with E-state index in [1.165, 1.54) is 18.4 Å². The highest BCUT2D eigenvalue weighted by Gasteiger charge is 2.73. The first kappa shape index (κ1) is 28.4. The van der Waals surface area contributed by atoms with Crippen molar-refractivity contribution in [2.75, 3.05) is 5.32 Å². The molecule has 5 aliphatic rings. The number of nitrogens with zero attached hydrogens (tertiary/aromatic N) is 1. The lowest BCUT2D eigenvalue weighted by atomic mass is 9.74. The van der Waals surface area contributed by atoms with E-state index in [9.17, 15) is 14.4 Å². The number of fused-ring (bicyclic) bond motifs is 1. The summed E-state index contributed by atoms with van der Waals surface area (Å²) in [6.45, 7) is 6.49. The van der Waals surface area contributed by atoms with E-state index in [1.807, 2.05) is 41.3 Å². The van der Waals surface area contributed by atoms with Gasteiger partial charge in [-0.2, -0.15) is 0 Å². The summed E-state index contributed by atoms with van der Waals surface area (Å²) in [4.78, 5) is 44.5. The fourth-order valence-corrected chi connectivity index (χ4v) is 8.28. The van der Waals surface area contributed by atoms with Crippen molar-refractivity contribution in [3.63, 3.8) is 0 Å². The fourth-order valence-electron chi connectivity index (χ4n) is 8.28. The highest BCUT2D eigenvalue weighted by atomic mass is 16.5. The molecule has 2 aliphatic carbocycles. The Kier molecular flexibility index (Phi) is 8.01. The quantitative estimate of drug-likeness (QED) is 0.436. The molecule has 6 rings (SSSR count). The summed E-state index contributed by atoms with van der Waals surface area (Å²) < 4.78 is 6.61. The second kappa shape index (κ2) is 11.5. The molecule has 7 heteroatoms. The van der Waals surface area contributed by atoms with E-state index in [1.54, 1.807) is 0 Å². The molecule has 2 N–H and O–H groups in total. The zero-order valence-electron chi connectivity index (χ0n) is 24.9. The van der Waals surface area contributed by atoms with Crippen LogP contribution in [-0.2, 0) is 19.1 Å². The molecule has 41 heavy (non-hydrogen) atoms. The van der Waals surface area contributed by atoms with Gasteiger partial charge in [0.25, 0.3) is 0 Å². The predicted molar refractivity (Wildman–Crippen MR) is 159 cm³/mol. The molecule has 222 valence electrons. The third kappa shape index (κ3) is 5.13. The molecule has 1 aromatic carbocycles. The Labute approximate surface area is 244 Å². The van der Waals surface area contributed by atoms with Gasteiger partial charge in [0, 0.05) is 17.8 Å². The van der Waals surface area contributed by atoms with Crippen LogP contribution in [0.3, 0.4) is 0 Å². The van der Waals surface area contributed by atoms with Crippen LogP contribution < -0.4 is 10.6 Å². The summed E-state index contributed by atoms with van der Waals surface area (Å²) in [6.07, 6.45) is 15.1. The van der Waals surface area contributed by atoms with Gasteiger partial charge in [-0.25, -0.2) is 0 Å². The van der Waals surface area contributed by atoms with Crippen LogP contribution in [0.15, 0.2) is 36.4 Å². The number of carbonyl (C=O) groups is 3. The zero-order chi connectivity index (χ0) is 28.7. The molecule has 3 aliphatic heterocycles. The summed E-state index contributed by atoms with van der Waals surface area (Å²) in [5.41, 5.74) is 0.813. The Morgan fingerprint density at radius 3 is 2.27 bits per heavy atom. The largest absolute Gasteiger partial charge is 0.359 e. The summed E-state index contributed by atoms with van der Waals surface area (Å²) in [5, 5.41) is 6.44. The van der Waals surface area contributed by atoms with Gasteiger partial charge in [0.05, 0.1) is 17.9 Å². The normalized spacial score (nSPS) is 35.3. The molecule has 7 atom stereocenters. The van der Waals surface area contributed by atoms with E-state index < -0.39 is 29.6 Å². The van der Waals surface area contributed by atoms with Gasteiger partial charge < -0.3 is 20.3 Å². The van der Waals surface area contributed by atoms with Crippen molar-refractivity contribution in [2.45, 2.75) is 127 Å². The zero-order valence-corrected chi connectivity index (χ0v) is 24.9. The number of hydrogen-bond donors (Lipinski definition) is 2. The maximum absolute atomic E-state index is 14.5. The number of rotatable bonds is 6. The van der Waals surface area contributed by atoms with Gasteiger partial charge >= 0.3 is 0 Å². The van der Waals surface area contributed by atoms with E-state index >= 15 is 0 Å². The van der Waals surface area contributed by atoms with Crippen LogP contribution in [0.4, 0.5) is 5.69 Å². The highest BCUT2D eigenvalue weighted by Crippen LogP contribution is 2.56. The average molecular weight is 562 g/mol. The molecule has 2 bridgehead atoms. The molecule has 0 unspecified atom stereocenters. The molecular formula is C34H47N3O4. The standard InChI is InChI=1S/C34H47N3O4/c1-21(2)23-15-17-24(18-16-23)35-31(38)28-27-19-20-34(41-27)29(28)33(40)37(25-12-7-5-4-6-8-13-25)30(34)32(39)36-26-14-10-9-11-22(26)3/h15-22,25-30H,4-14H2,1-3H3,(H,35,38)(H,36,39)/t22-,26+,27-,28+,29-,30-,34-/m1/s1. The van der Waals surface area contributed by atoms with Gasteiger partial charge in [0.2, 0.25) is 17.7 Å². The Bertz CT molecular complexity index is 1170. The van der Waals surface area contributed by atoms with Gasteiger partial charge in [0.1, 0.15) is 11.6 Å². The first-order valence-electron chi connectivity index (χ1n) is 16.2. The number of nitrogens with one attached hydrogen (secondary N) is 2. The van der Waals surface area contributed by atoms with E-state index in [4.69, 9.17) is 4.74 Å². The van der Waals surface area contributed by atoms with Crippen molar-refractivity contribution in [1.82, 2.24) is 10.2 Å². The molecule has 2 saturated carbocycles. The van der Waals surface area contributed by atoms with Crippen LogP contribution in [0.1, 0.15) is 103 Å². The first-order chi connectivity index (χ1) is 19.8. The molecule has 1 aromatic rings. The maximum atomic E-state index is 14.5. The lowest BCUT2D eigenvalue weighted by molar-refractivity contribution is -0.144. The summed E-state index contributed by atoms with van der Waals surface area (Å²) in [5.74, 6) is -0.968. The minimum absolute atomic E-state index is 0.00866. The minimum Gasteiger partial charge on any atom is -0.359 e. The van der Waals surface area contributed by atoms with Crippen molar-refractivity contribution < 1.29 is 19.1 Å². The van der Waals surface area contributed by atoms with Gasteiger partial charge in [0.15, 0.2) is 0 Å². The molecule has 7 nitrogen and oxygen atoms in total. The number of hydrogen-bond acceptors (Lipinski definition) is 4. The van der Waals surface area contributed by atoms with Crippen LogP contribution >= 0.6 is 0 Å². The van der Waals surface area contributed by atoms with Crippen molar-refractivity contribution in [2.24, 2.45) is 17.8 Å². The number of likely N-dealkylation sites (tertiary alicyclic amines) is 1. The Morgan fingerprint density at radius 1 is 0.927 bits per heavy atom. The van der Waals surface area contributed by atoms with Crippen LogP contribution in [0.5, 0.6) is 0 Å². The number of ether oxygens (including phenoxy) is 1. The summed E-state index contributed by atoms with van der Waals surface area (Å²) >= 11 is 0. The van der Waals surface area contributed by atoms with Crippen LogP contribution in [0, 0.1) is 17.8 Å². The second-order valence-corrected chi connectivity index (χ2v) is 13.6. The smallest absolute Gasteiger partial charge is 0.246 e. The summed E-state index contributed by atoms with van der Waals surface area (Å²) in [7, 11) is 0. The first-order valence-corrected chi connectivity index (χ1v) is 16.2. The Morgan fingerprint density at radius 2 is 1.59 bits per heavy atom. The Hall–Kier alpha value is -2.67. The third-order valence-electron chi connectivity index (χ3n) is 10.6. The highest BCUT2D eigenvalue weighted by molar-refractivity contribution is 6.03. The molecule has 2 saturated heterocycles. The lowest BCUT2D eigenvalue weighted by Crippen LogP contribution is -2.59. The van der Waals surface area contributed by atoms with Crippen molar-refractivity contribution in [3.05, 3.63) is 42.0 Å². The molecule has 0 aromatic heterocycles. The SMILES string of the molecule is CC(C)c1ccc(NC(=O)[C@H]2[C@H]3C=C[C@@]4(O3)[C@H]2C(=O)N(C2CCCCCCC2)[C@@H]4C(=O)N[C@H]2CCCC[C@H]2C)cc1. The second-order valence-electron chi connectivity index (χ2n) is 13.6. The monoisotopic (exact) mass is 561 g/mol. The van der Waals surface area contributed by atoms with E-state index in [-0.39, 0.29) is 29.8 Å². The van der Waals surface area contributed by atoms with Gasteiger partial charge in [-0.15, -0.1) is 0 Å². The van der Waals surface area contributed by atoms with E-state index in [0.717, 1.165) is 57.8 Å². The Balaban J connectivity index is 1.30. The van der Waals surface area contributed by atoms with Gasteiger partial charge in [-0.05, 0) is 55.2 Å². The van der Waals surface area contributed by atoms with Crippen LogP contribution in [0.25, 0.3) is 0 Å². The molecule has 1 spiro atoms. The minimum atomic E-state index is -1.10. The van der Waals surface area contributed by atoms with Crippen LogP contribution in [-0.4, -0.2) is 52.5 Å². The maximum Gasteiger partial charge on any atom is 0.246 e. The van der Waals surface area contributed by atoms with Crippen LogP contribution in [0.2, 0.25) is 0 Å². The number of amides is 3.